The lowest BCUT2D eigenvalue weighted by molar-refractivity contribution is -0.308. The molecule has 0 aliphatic carbocycles. The number of hydrogen-bond acceptors (Lipinski definition) is 5. The molecule has 1 aromatic carbocycles. The molecule has 208 valence electrons. The maximum atomic E-state index is 12.8. The number of rotatable bonds is 5. The Balaban J connectivity index is 1.37. The molecule has 1 amide bonds. The van der Waals surface area contributed by atoms with E-state index in [2.05, 4.69) is 15.7 Å². The van der Waals surface area contributed by atoms with Gasteiger partial charge in [-0.3, -0.25) is 4.90 Å². The number of alkyl halides is 6. The molecule has 0 bridgehead atoms. The molecule has 0 N–H and O–H groups in total. The Hall–Kier alpha value is -2.21. The van der Waals surface area contributed by atoms with Crippen LogP contribution >= 0.6 is 0 Å². The lowest BCUT2D eigenvalue weighted by atomic mass is 9.85. The van der Waals surface area contributed by atoms with Gasteiger partial charge in [-0.25, -0.2) is 4.79 Å². The van der Waals surface area contributed by atoms with Crippen molar-refractivity contribution in [3.05, 3.63) is 29.3 Å². The number of aryl methyl sites for hydroxylation is 1. The number of carbonyl (C=O) groups is 1. The zero-order valence-electron chi connectivity index (χ0n) is 20.7. The van der Waals surface area contributed by atoms with Crippen molar-refractivity contribution >= 4 is 6.09 Å². The SMILES string of the molecule is Cc1cc(CN2CCCC23CCN(C(=O)OC(C(F)(F)F)C(F)(F)F)CC3)cc(OC2CCOCC2)c1. The van der Waals surface area contributed by atoms with Crippen molar-refractivity contribution in [1.29, 1.82) is 0 Å². The lowest BCUT2D eigenvalue weighted by Gasteiger charge is -2.45. The topological polar surface area (TPSA) is 51.2 Å². The zero-order valence-corrected chi connectivity index (χ0v) is 20.7. The van der Waals surface area contributed by atoms with Gasteiger partial charge < -0.3 is 19.1 Å². The molecule has 1 aromatic rings. The van der Waals surface area contributed by atoms with Crippen molar-refractivity contribution in [2.45, 2.75) is 82.1 Å². The molecule has 0 atom stereocenters. The Morgan fingerprint density at radius 2 is 1.68 bits per heavy atom. The summed E-state index contributed by atoms with van der Waals surface area (Å²) in [6, 6.07) is 6.11. The van der Waals surface area contributed by atoms with Crippen LogP contribution in [0.3, 0.4) is 0 Å². The third-order valence-corrected chi connectivity index (χ3v) is 7.46. The van der Waals surface area contributed by atoms with E-state index in [9.17, 15) is 31.1 Å². The average molecular weight is 539 g/mol. The van der Waals surface area contributed by atoms with E-state index in [1.54, 1.807) is 0 Å². The minimum Gasteiger partial charge on any atom is -0.490 e. The van der Waals surface area contributed by atoms with Crippen molar-refractivity contribution in [3.63, 3.8) is 0 Å². The first kappa shape index (κ1) is 27.8. The Kier molecular flexibility index (Phi) is 8.18. The molecule has 3 aliphatic heterocycles. The smallest absolute Gasteiger partial charge is 0.434 e. The molecule has 0 unspecified atom stereocenters. The Labute approximate surface area is 211 Å². The summed E-state index contributed by atoms with van der Waals surface area (Å²) < 4.78 is 92.2. The molecule has 0 saturated carbocycles. The highest BCUT2D eigenvalue weighted by atomic mass is 19.4. The molecule has 0 aromatic heterocycles. The first-order valence-electron chi connectivity index (χ1n) is 12.5. The van der Waals surface area contributed by atoms with E-state index in [4.69, 9.17) is 9.47 Å². The largest absolute Gasteiger partial charge is 0.490 e. The maximum absolute atomic E-state index is 12.8. The molecular weight excluding hydrogens is 506 g/mol. The van der Waals surface area contributed by atoms with E-state index in [0.717, 1.165) is 54.0 Å². The standard InChI is InChI=1S/C25H32F6N2O4/c1-17-13-18(15-20(14-17)36-19-3-11-35-12-4-19)16-33-8-2-5-23(33)6-9-32(10-7-23)22(34)37-21(24(26,27)28)25(29,30)31/h13-15,19,21H,2-12,16H2,1H3. The lowest BCUT2D eigenvalue weighted by Crippen LogP contribution is -2.54. The number of likely N-dealkylation sites (tertiary alicyclic amines) is 2. The van der Waals surface area contributed by atoms with Gasteiger partial charge in [0.1, 0.15) is 11.9 Å². The van der Waals surface area contributed by atoms with E-state index in [1.165, 1.54) is 0 Å². The highest BCUT2D eigenvalue weighted by molar-refractivity contribution is 5.68. The predicted octanol–water partition coefficient (Wildman–Crippen LogP) is 5.61. The first-order chi connectivity index (χ1) is 17.4. The fraction of sp³-hybridized carbons (Fsp3) is 0.720. The minimum absolute atomic E-state index is 0.0314. The molecule has 3 aliphatic rings. The number of carbonyl (C=O) groups excluding carboxylic acids is 1. The van der Waals surface area contributed by atoms with Crippen LogP contribution in [0.4, 0.5) is 31.1 Å². The number of benzene rings is 1. The van der Waals surface area contributed by atoms with E-state index in [1.807, 2.05) is 19.1 Å². The molecule has 3 saturated heterocycles. The summed E-state index contributed by atoms with van der Waals surface area (Å²) >= 11 is 0. The molecule has 37 heavy (non-hydrogen) atoms. The van der Waals surface area contributed by atoms with Crippen LogP contribution in [0, 0.1) is 6.92 Å². The monoisotopic (exact) mass is 538 g/mol. The fourth-order valence-corrected chi connectivity index (χ4v) is 5.60. The van der Waals surface area contributed by atoms with Gasteiger partial charge in [0.15, 0.2) is 0 Å². The molecule has 12 heteroatoms. The van der Waals surface area contributed by atoms with E-state index in [0.29, 0.717) is 32.6 Å². The number of amides is 1. The van der Waals surface area contributed by atoms with Gasteiger partial charge in [-0.15, -0.1) is 0 Å². The van der Waals surface area contributed by atoms with Crippen molar-refractivity contribution in [2.75, 3.05) is 32.8 Å². The molecular formula is C25H32F6N2O4. The summed E-state index contributed by atoms with van der Waals surface area (Å²) in [4.78, 5) is 15.4. The van der Waals surface area contributed by atoms with Crippen LogP contribution in [0.1, 0.15) is 49.7 Å². The second-order valence-corrected chi connectivity index (χ2v) is 10.2. The van der Waals surface area contributed by atoms with E-state index < -0.39 is 24.5 Å². The summed E-state index contributed by atoms with van der Waals surface area (Å²) in [5.41, 5.74) is 1.87. The van der Waals surface area contributed by atoms with Crippen molar-refractivity contribution in [3.8, 4) is 5.75 Å². The summed E-state index contributed by atoms with van der Waals surface area (Å²) in [5, 5.41) is 0. The van der Waals surface area contributed by atoms with Gasteiger partial charge in [0.05, 0.1) is 13.2 Å². The van der Waals surface area contributed by atoms with Gasteiger partial charge in [0.25, 0.3) is 6.10 Å². The number of nitrogens with zero attached hydrogens (tertiary/aromatic N) is 2. The first-order valence-corrected chi connectivity index (χ1v) is 12.5. The third-order valence-electron chi connectivity index (χ3n) is 7.46. The van der Waals surface area contributed by atoms with Crippen LogP contribution in [0.15, 0.2) is 18.2 Å². The summed E-state index contributed by atoms with van der Waals surface area (Å²) in [6.07, 6.45) is -12.7. The summed E-state index contributed by atoms with van der Waals surface area (Å²) in [7, 11) is 0. The second kappa shape index (κ2) is 10.9. The predicted molar refractivity (Wildman–Crippen MR) is 121 cm³/mol. The molecule has 4 rings (SSSR count). The highest BCUT2D eigenvalue weighted by Gasteiger charge is 2.60. The second-order valence-electron chi connectivity index (χ2n) is 10.2. The van der Waals surface area contributed by atoms with Crippen LogP contribution in [-0.4, -0.2) is 78.8 Å². The van der Waals surface area contributed by atoms with E-state index in [-0.39, 0.29) is 24.7 Å². The van der Waals surface area contributed by atoms with Gasteiger partial charge >= 0.3 is 18.4 Å². The number of halogens is 6. The molecule has 6 nitrogen and oxygen atoms in total. The van der Waals surface area contributed by atoms with Gasteiger partial charge in [0.2, 0.25) is 0 Å². The Morgan fingerprint density at radius 3 is 2.30 bits per heavy atom. The summed E-state index contributed by atoms with van der Waals surface area (Å²) in [5.74, 6) is 0.802. The van der Waals surface area contributed by atoms with E-state index >= 15 is 0 Å². The third kappa shape index (κ3) is 6.81. The zero-order chi connectivity index (χ0) is 26.8. The summed E-state index contributed by atoms with van der Waals surface area (Å²) in [6.45, 7) is 4.88. The van der Waals surface area contributed by atoms with Gasteiger partial charge in [-0.2, -0.15) is 26.3 Å². The van der Waals surface area contributed by atoms with Gasteiger partial charge in [0, 0.05) is 38.0 Å². The van der Waals surface area contributed by atoms with Crippen molar-refractivity contribution < 1.29 is 45.3 Å². The van der Waals surface area contributed by atoms with Crippen LogP contribution in [0.5, 0.6) is 5.75 Å². The minimum atomic E-state index is -5.73. The highest BCUT2D eigenvalue weighted by Crippen LogP contribution is 2.41. The van der Waals surface area contributed by atoms with Crippen molar-refractivity contribution in [2.24, 2.45) is 0 Å². The molecule has 0 radical (unpaired) electrons. The van der Waals surface area contributed by atoms with Crippen LogP contribution in [0.2, 0.25) is 0 Å². The number of piperidine rings is 1. The fourth-order valence-electron chi connectivity index (χ4n) is 5.60. The van der Waals surface area contributed by atoms with Crippen LogP contribution in [0.25, 0.3) is 0 Å². The van der Waals surface area contributed by atoms with Crippen molar-refractivity contribution in [1.82, 2.24) is 9.80 Å². The number of hydrogen-bond donors (Lipinski definition) is 0. The maximum Gasteiger partial charge on any atom is 0.434 e. The Morgan fingerprint density at radius 1 is 1.03 bits per heavy atom. The van der Waals surface area contributed by atoms with Crippen LogP contribution in [-0.2, 0) is 16.0 Å². The van der Waals surface area contributed by atoms with Crippen LogP contribution < -0.4 is 4.74 Å². The average Bonchev–Trinajstić information content (AvgIpc) is 3.17. The molecule has 1 spiro atoms. The van der Waals surface area contributed by atoms with Gasteiger partial charge in [-0.05, 0) is 62.4 Å². The normalized spacial score (nSPS) is 21.6. The van der Waals surface area contributed by atoms with Gasteiger partial charge in [-0.1, -0.05) is 6.07 Å². The number of ether oxygens (including phenoxy) is 3. The molecule has 3 fully saturated rings. The quantitative estimate of drug-likeness (QED) is 0.456. The Bertz CT molecular complexity index is 926. The molecule has 3 heterocycles.